The van der Waals surface area contributed by atoms with E-state index in [1.165, 1.54) is 0 Å². The Hall–Kier alpha value is -1.10. The largest absolute Gasteiger partial charge is 0.490 e. The Labute approximate surface area is 186 Å². The topological polar surface area (TPSA) is 253 Å². The quantitative estimate of drug-likeness (QED) is 0.170. The highest BCUT2D eigenvalue weighted by Gasteiger charge is 2.57. The van der Waals surface area contributed by atoms with Crippen molar-refractivity contribution in [1.82, 2.24) is 19.5 Å². The van der Waals surface area contributed by atoms with Gasteiger partial charge in [-0.25, -0.2) is 28.1 Å². The van der Waals surface area contributed by atoms with Crippen LogP contribution in [0.3, 0.4) is 0 Å². The molecule has 1 fully saturated rings. The molecule has 2 aromatic rings. The van der Waals surface area contributed by atoms with E-state index in [1.807, 2.05) is 0 Å². The maximum atomic E-state index is 14.9. The molecule has 2 unspecified atom stereocenters. The number of aromatic nitrogens is 4. The van der Waals surface area contributed by atoms with Crippen molar-refractivity contribution in [1.29, 1.82) is 0 Å². The van der Waals surface area contributed by atoms with Gasteiger partial charge in [-0.1, -0.05) is 0 Å². The van der Waals surface area contributed by atoms with E-state index in [1.54, 1.807) is 0 Å². The van der Waals surface area contributed by atoms with Gasteiger partial charge in [0.25, 0.3) is 5.56 Å². The van der Waals surface area contributed by atoms with E-state index >= 15 is 0 Å². The maximum Gasteiger partial charge on any atom is 0.490 e. The molecule has 1 aliphatic heterocycles. The Morgan fingerprint density at radius 2 is 1.88 bits per heavy atom. The van der Waals surface area contributed by atoms with Crippen LogP contribution in [0.4, 0.5) is 4.39 Å². The van der Waals surface area contributed by atoms with Crippen molar-refractivity contribution >= 4 is 46.2 Å². The molecular weight excluding hydrogens is 544 g/mol. The Bertz CT molecular complexity index is 1240. The number of aliphatic hydroxyl groups is 1. The first-order chi connectivity index (χ1) is 15.1. The molecule has 186 valence electrons. The van der Waals surface area contributed by atoms with Gasteiger partial charge in [0.05, 0.1) is 25.1 Å². The van der Waals surface area contributed by atoms with E-state index in [0.717, 1.165) is 17.2 Å². The summed E-state index contributed by atoms with van der Waals surface area (Å²) >= 11 is 5.77. The van der Waals surface area contributed by atoms with Crippen LogP contribution in [0.15, 0.2) is 17.4 Å². The van der Waals surface area contributed by atoms with Crippen LogP contribution < -0.4 is 5.56 Å². The zero-order chi connectivity index (χ0) is 24.8. The molecule has 0 aromatic carbocycles. The van der Waals surface area contributed by atoms with E-state index in [-0.39, 0.29) is 11.2 Å². The molecule has 22 heteroatoms. The van der Waals surface area contributed by atoms with Crippen LogP contribution in [-0.4, -0.2) is 74.6 Å². The van der Waals surface area contributed by atoms with Gasteiger partial charge in [0.1, 0.15) is 11.7 Å². The number of hydrogen-bond acceptors (Lipinski definition) is 11. The molecule has 3 rings (SSSR count). The number of aliphatic hydroxyl groups excluding tert-OH is 1. The number of phosphoric ester groups is 1. The molecule has 33 heavy (non-hydrogen) atoms. The first-order valence-electron chi connectivity index (χ1n) is 8.34. The van der Waals surface area contributed by atoms with Crippen molar-refractivity contribution in [3.63, 3.8) is 0 Å². The minimum atomic E-state index is -5.80. The van der Waals surface area contributed by atoms with Gasteiger partial charge >= 0.3 is 23.5 Å². The molecule has 0 spiro atoms. The van der Waals surface area contributed by atoms with E-state index in [4.69, 9.17) is 26.1 Å². The van der Waals surface area contributed by atoms with E-state index in [2.05, 4.69) is 28.1 Å². The van der Waals surface area contributed by atoms with Crippen molar-refractivity contribution in [2.24, 2.45) is 0 Å². The zero-order valence-electron chi connectivity index (χ0n) is 15.7. The summed E-state index contributed by atoms with van der Waals surface area (Å²) in [6.07, 6.45) is -4.06. The minimum Gasteiger partial charge on any atom is -0.387 e. The van der Waals surface area contributed by atoms with E-state index < -0.39 is 65.6 Å². The SMILES string of the molecule is O=c1[nH]cnc2c1ncn2[C@@H]1O[C@](CCl)(COP(=O)(O)OP(=O)(O)OP(=O)(O)O)[C@@H](O)[C@H]1F. The number of nitrogens with one attached hydrogen (secondary N) is 1. The zero-order valence-corrected chi connectivity index (χ0v) is 19.2. The normalized spacial score (nSPS) is 29.7. The van der Waals surface area contributed by atoms with Crippen LogP contribution in [0.2, 0.25) is 0 Å². The molecule has 0 amide bonds. The van der Waals surface area contributed by atoms with Gasteiger partial charge in [-0.05, 0) is 0 Å². The summed E-state index contributed by atoms with van der Waals surface area (Å²) in [5, 5.41) is 10.4. The van der Waals surface area contributed by atoms with Gasteiger partial charge in [0.15, 0.2) is 23.6 Å². The number of aromatic amines is 1. The molecule has 0 bridgehead atoms. The third kappa shape index (κ3) is 5.77. The van der Waals surface area contributed by atoms with Crippen molar-refractivity contribution in [3.8, 4) is 0 Å². The summed E-state index contributed by atoms with van der Waals surface area (Å²) in [4.78, 5) is 57.5. The molecule has 0 saturated carbocycles. The first-order valence-corrected chi connectivity index (χ1v) is 13.4. The average molecular weight is 559 g/mol. The molecule has 1 saturated heterocycles. The number of phosphoric acid groups is 3. The van der Waals surface area contributed by atoms with E-state index in [0.29, 0.717) is 0 Å². The second kappa shape index (κ2) is 9.17. The summed E-state index contributed by atoms with van der Waals surface area (Å²) in [5.74, 6) is -0.749. The lowest BCUT2D eigenvalue weighted by Crippen LogP contribution is -2.47. The van der Waals surface area contributed by atoms with Crippen molar-refractivity contribution in [3.05, 3.63) is 23.0 Å². The summed E-state index contributed by atoms with van der Waals surface area (Å²) in [7, 11) is -17.0. The Balaban J connectivity index is 1.81. The highest BCUT2D eigenvalue weighted by Crippen LogP contribution is 2.66. The average Bonchev–Trinajstić information content (AvgIpc) is 3.19. The smallest absolute Gasteiger partial charge is 0.387 e. The fourth-order valence-corrected chi connectivity index (χ4v) is 6.22. The maximum absolute atomic E-state index is 14.9. The number of nitrogens with zero attached hydrogens (tertiary/aromatic N) is 3. The van der Waals surface area contributed by atoms with Gasteiger partial charge in [0.2, 0.25) is 0 Å². The Morgan fingerprint density at radius 1 is 1.21 bits per heavy atom. The van der Waals surface area contributed by atoms with Gasteiger partial charge in [-0.15, -0.1) is 11.6 Å². The number of hydrogen-bond donors (Lipinski definition) is 6. The summed E-state index contributed by atoms with van der Waals surface area (Å²) in [5.41, 5.74) is -3.20. The molecule has 6 atom stereocenters. The summed E-state index contributed by atoms with van der Waals surface area (Å²) in [6, 6.07) is 0. The van der Waals surface area contributed by atoms with Crippen molar-refractivity contribution < 1.29 is 60.6 Å². The highest BCUT2D eigenvalue weighted by molar-refractivity contribution is 7.66. The summed E-state index contributed by atoms with van der Waals surface area (Å²) < 4.78 is 66.9. The van der Waals surface area contributed by atoms with Crippen LogP contribution in [0, 0.1) is 0 Å². The molecule has 2 aromatic heterocycles. The second-order valence-electron chi connectivity index (χ2n) is 6.52. The predicted molar refractivity (Wildman–Crippen MR) is 102 cm³/mol. The predicted octanol–water partition coefficient (Wildman–Crippen LogP) is -0.332. The monoisotopic (exact) mass is 558 g/mol. The molecule has 1 aliphatic rings. The Morgan fingerprint density at radius 3 is 2.48 bits per heavy atom. The molecule has 0 radical (unpaired) electrons. The van der Waals surface area contributed by atoms with Gasteiger partial charge < -0.3 is 34.4 Å². The molecular formula is C11H15ClFN4O13P3. The van der Waals surface area contributed by atoms with Crippen LogP contribution >= 0.6 is 35.1 Å². The van der Waals surface area contributed by atoms with Crippen molar-refractivity contribution in [2.75, 3.05) is 12.5 Å². The van der Waals surface area contributed by atoms with E-state index in [9.17, 15) is 37.8 Å². The van der Waals surface area contributed by atoms with Gasteiger partial charge in [-0.2, -0.15) is 8.62 Å². The lowest BCUT2D eigenvalue weighted by atomic mass is 9.99. The molecule has 3 heterocycles. The fourth-order valence-electron chi connectivity index (χ4n) is 2.84. The minimum absolute atomic E-state index is 0.128. The number of fused-ring (bicyclic) bond motifs is 1. The number of H-pyrrole nitrogens is 1. The Kier molecular flexibility index (Phi) is 7.36. The summed E-state index contributed by atoms with van der Waals surface area (Å²) in [6.45, 7) is -1.21. The first kappa shape index (κ1) is 26.5. The van der Waals surface area contributed by atoms with Crippen LogP contribution in [0.25, 0.3) is 11.2 Å². The fraction of sp³-hybridized carbons (Fsp3) is 0.545. The van der Waals surface area contributed by atoms with Gasteiger partial charge in [0, 0.05) is 0 Å². The lowest BCUT2D eigenvalue weighted by Gasteiger charge is -2.29. The van der Waals surface area contributed by atoms with Gasteiger partial charge in [-0.3, -0.25) is 13.9 Å². The molecule has 0 aliphatic carbocycles. The van der Waals surface area contributed by atoms with Crippen molar-refractivity contribution in [2.45, 2.75) is 24.1 Å². The second-order valence-corrected chi connectivity index (χ2v) is 11.2. The highest BCUT2D eigenvalue weighted by atomic mass is 35.5. The standard InChI is InChI=1S/C11H15ClFN4O13P3/c12-1-11(2-27-32(23,24)30-33(25,26)29-31(20,21)22)7(18)5(13)10(28-11)17-4-16-6-8(17)14-3-15-9(6)19/h3-5,7,10,18H,1-2H2,(H,23,24)(H,25,26)(H,14,15,19)(H2,20,21,22)/t5-,7+,10-,11-/m1/s1. The van der Waals surface area contributed by atoms with Crippen LogP contribution in [0.1, 0.15) is 6.23 Å². The number of imidazole rings is 1. The lowest BCUT2D eigenvalue weighted by molar-refractivity contribution is -0.111. The third-order valence-electron chi connectivity index (χ3n) is 4.22. The van der Waals surface area contributed by atoms with Crippen LogP contribution in [-0.2, 0) is 31.6 Å². The van der Waals surface area contributed by atoms with Crippen LogP contribution in [0.5, 0.6) is 0 Å². The molecule has 6 N–H and O–H groups in total. The third-order valence-corrected chi connectivity index (χ3v) is 8.46. The number of halogens is 2. The number of ether oxygens (including phenoxy) is 1. The number of alkyl halides is 2. The number of rotatable bonds is 9. The molecule has 17 nitrogen and oxygen atoms in total.